The van der Waals surface area contributed by atoms with Gasteiger partial charge >= 0.3 is 36.9 Å². The van der Waals surface area contributed by atoms with E-state index in [4.69, 9.17) is 16.3 Å². The number of urea groups is 1. The van der Waals surface area contributed by atoms with Gasteiger partial charge in [0.25, 0.3) is 5.91 Å². The van der Waals surface area contributed by atoms with Crippen molar-refractivity contribution in [3.63, 3.8) is 0 Å². The number of ether oxygens (including phenoxy) is 1. The molecule has 38 heteroatoms. The zero-order valence-electron chi connectivity index (χ0n) is 80.3. The van der Waals surface area contributed by atoms with E-state index in [0.29, 0.717) is 238 Å². The largest absolute Gasteiger partial charge is 0.416 e. The van der Waals surface area contributed by atoms with Crippen LogP contribution in [0.15, 0.2) is 243 Å². The second kappa shape index (κ2) is 45.3. The zero-order chi connectivity index (χ0) is 107. The topological polar surface area (TPSA) is 302 Å². The van der Waals surface area contributed by atoms with Crippen molar-refractivity contribution >= 4 is 124 Å². The smallest absolute Gasteiger partial charge is 0.378 e. The number of carbonyl (C=O) groups excluding carboxylic acids is 5. The van der Waals surface area contributed by atoms with Gasteiger partial charge in [-0.05, 0) is 209 Å². The molecule has 0 spiro atoms. The first-order chi connectivity index (χ1) is 71.1. The summed E-state index contributed by atoms with van der Waals surface area (Å²) in [5.41, 5.74) is 9.32. The molecular formula is C111H90ClF15N16O6. The molecule has 5 aromatic heterocycles. The van der Waals surface area contributed by atoms with E-state index in [9.17, 15) is 116 Å². The van der Waals surface area contributed by atoms with Crippen LogP contribution in [0.4, 0.5) is 99.1 Å². The maximum atomic E-state index is 13.2. The number of aryl methyl sites for hydroxylation is 5. The number of nitriles is 5. The Balaban J connectivity index is 0.000000147. The molecule has 1 saturated heterocycles. The monoisotopic (exact) mass is 2060 g/mol. The summed E-state index contributed by atoms with van der Waals surface area (Å²) in [6, 6.07) is 70.9. The molecule has 149 heavy (non-hydrogen) atoms. The van der Waals surface area contributed by atoms with Gasteiger partial charge in [-0.3, -0.25) is 19.2 Å². The number of nitrogens with zero attached hydrogens (tertiary/aromatic N) is 11. The normalized spacial score (nSPS) is 12.6. The van der Waals surface area contributed by atoms with Crippen LogP contribution in [0.1, 0.15) is 127 Å². The Kier molecular flexibility index (Phi) is 32.7. The van der Waals surface area contributed by atoms with E-state index in [1.807, 2.05) is 33.8 Å². The van der Waals surface area contributed by atoms with Crippen LogP contribution in [0.2, 0.25) is 0 Å². The highest BCUT2D eigenvalue weighted by atomic mass is 35.5. The fraction of sp³-hybridized carbons (Fsp3) is 0.225. The molecule has 2 fully saturated rings. The second-order valence-corrected chi connectivity index (χ2v) is 34.4. The predicted octanol–water partition coefficient (Wildman–Crippen LogP) is 28.1. The minimum atomic E-state index is -4.47. The maximum absolute atomic E-state index is 13.2. The summed E-state index contributed by atoms with van der Waals surface area (Å²) in [4.78, 5) is 61.2. The molecule has 2 aliphatic rings. The first-order valence-corrected chi connectivity index (χ1v) is 47.3. The van der Waals surface area contributed by atoms with E-state index in [1.165, 1.54) is 30.3 Å². The van der Waals surface area contributed by atoms with Gasteiger partial charge in [-0.1, -0.05) is 116 Å². The SMILES string of the molecule is CCC(=O)Nc1ccc(-c2c(C#N)c3ccc(C(F)(F)F)cc3n2CC)cc1.CCn1c(-c2ccc(NC(=O)C3CC3)cc2)c(C#N)c2ccc(C(F)(F)F)cc21.CCn1c(-c2ccc(NC(=O)CCl)cc2)c(C#N)c2ccc(C(F)(F)F)cc21.CCn1c(-c2ccc(NC(=O)N3CCOCC3)cc2)c(C#N)c2ccc(C(F)(F)F)cc21.CCn1c(-c2ccc(NC(=O)c3ccccc3)cc2)c(C#N)c2ccc(C(F)(F)F)cc21. The number of benzene rings is 11. The Bertz CT molecular complexity index is 7800. The molecule has 0 atom stereocenters. The lowest BCUT2D eigenvalue weighted by molar-refractivity contribution is -0.138. The van der Waals surface area contributed by atoms with Crippen molar-refractivity contribution in [3.8, 4) is 86.6 Å². The van der Waals surface area contributed by atoms with Crippen molar-refractivity contribution in [1.29, 1.82) is 26.3 Å². The predicted molar refractivity (Wildman–Crippen MR) is 539 cm³/mol. The first-order valence-electron chi connectivity index (χ1n) is 46.8. The Labute approximate surface area is 847 Å². The lowest BCUT2D eigenvalue weighted by Crippen LogP contribution is -2.43. The van der Waals surface area contributed by atoms with E-state index < -0.39 is 58.7 Å². The van der Waals surface area contributed by atoms with Gasteiger partial charge in [0.05, 0.1) is 125 Å². The van der Waals surface area contributed by atoms with Crippen LogP contribution in [0.3, 0.4) is 0 Å². The molecule has 18 rings (SSSR count). The molecule has 1 aliphatic carbocycles. The Morgan fingerprint density at radius 1 is 0.329 bits per heavy atom. The molecule has 11 aromatic carbocycles. The molecule has 0 unspecified atom stereocenters. The summed E-state index contributed by atoms with van der Waals surface area (Å²) < 4.78 is 211. The van der Waals surface area contributed by atoms with Gasteiger partial charge in [0.15, 0.2) is 0 Å². The third kappa shape index (κ3) is 23.7. The number of amides is 6. The number of morpholine rings is 1. The molecule has 16 aromatic rings. The van der Waals surface area contributed by atoms with Gasteiger partial charge in [0.1, 0.15) is 36.2 Å². The van der Waals surface area contributed by atoms with Gasteiger partial charge in [0.2, 0.25) is 17.7 Å². The molecule has 1 aliphatic heterocycles. The van der Waals surface area contributed by atoms with Gasteiger partial charge < -0.3 is 59.1 Å². The molecule has 6 heterocycles. The van der Waals surface area contributed by atoms with Crippen LogP contribution in [-0.2, 0) is 82.7 Å². The van der Waals surface area contributed by atoms with Crippen molar-refractivity contribution in [2.45, 2.75) is 124 Å². The molecule has 0 bridgehead atoms. The highest BCUT2D eigenvalue weighted by Crippen LogP contribution is 2.46. The van der Waals surface area contributed by atoms with Crippen molar-refractivity contribution in [2.75, 3.05) is 58.8 Å². The summed E-state index contributed by atoms with van der Waals surface area (Å²) in [7, 11) is 0. The van der Waals surface area contributed by atoms with Gasteiger partial charge in [-0.2, -0.15) is 92.2 Å². The number of carbonyl (C=O) groups is 5. The molecule has 0 radical (unpaired) electrons. The summed E-state index contributed by atoms with van der Waals surface area (Å²) in [5, 5.41) is 64.8. The fourth-order valence-electron chi connectivity index (χ4n) is 17.7. The van der Waals surface area contributed by atoms with Crippen LogP contribution in [0.25, 0.3) is 111 Å². The van der Waals surface area contributed by atoms with Gasteiger partial charge in [-0.25, -0.2) is 4.79 Å². The van der Waals surface area contributed by atoms with Gasteiger partial charge in [-0.15, -0.1) is 11.6 Å². The number of aromatic nitrogens is 5. The number of anilines is 5. The highest BCUT2D eigenvalue weighted by Gasteiger charge is 2.38. The molecule has 1 saturated carbocycles. The average molecular weight is 2060 g/mol. The zero-order valence-corrected chi connectivity index (χ0v) is 81.0. The third-order valence-electron chi connectivity index (χ3n) is 25.0. The number of fused-ring (bicyclic) bond motifs is 5. The Morgan fingerprint density at radius 3 is 0.812 bits per heavy atom. The van der Waals surface area contributed by atoms with Crippen molar-refractivity contribution < 1.29 is 94.6 Å². The van der Waals surface area contributed by atoms with Crippen molar-refractivity contribution in [2.24, 2.45) is 5.92 Å². The van der Waals surface area contributed by atoms with Crippen LogP contribution >= 0.6 is 11.6 Å². The quantitative estimate of drug-likeness (QED) is 0.0374. The van der Waals surface area contributed by atoms with Gasteiger partial charge in [0, 0.05) is 119 Å². The molecule has 762 valence electrons. The van der Waals surface area contributed by atoms with Crippen molar-refractivity contribution in [1.82, 2.24) is 27.7 Å². The third-order valence-corrected chi connectivity index (χ3v) is 25.2. The number of halogens is 16. The first kappa shape index (κ1) is 108. The fourth-order valence-corrected chi connectivity index (χ4v) is 17.8. The number of rotatable bonds is 19. The lowest BCUT2D eigenvalue weighted by atomic mass is 10.0. The standard InChI is InChI=1S/C25H18F3N3O.C23H21F3N4O2.C22H18F3N3O.C21H18F3N3O.C20H15ClF3N3O/c1-2-31-22-14-18(25(26,27)28)10-13-20(22)21(15-29)23(31)16-8-11-19(12-9-16)30-24(32)17-6-4-3-5-7-17;1-2-30-20-13-16(23(24,25)26)5-8-18(20)19(14-27)21(30)15-3-6-17(7-4-15)28-22(31)29-9-11-32-12-10-29;1-2-28-19-11-15(22(23,24)25)7-10-17(19)18(12-26)20(28)13-5-8-16(9-6-13)27-21(29)14-3-4-14;1-3-19(28)26-15-8-5-13(6-9-15)20-17(12-25)16-10-7-14(21(22,23)24)11-18(16)27(20)4-2;1-2-27-17-9-13(20(22,23)24)5-8-15(17)16(11-25)19(27)12-3-6-14(7-4-12)26-18(28)10-21/h3-14H,2H2,1H3,(H,30,32);3-8,13H,2,9-12H2,1H3,(H,28,31);5-11,14H,2-4H2,1H3,(H,27,29);5-11H,3-4H2,1-2H3,(H,26,28);3-9H,2,10H2,1H3,(H,26,28). The average Bonchev–Trinajstić information content (AvgIpc) is 1.62. The minimum absolute atomic E-state index is 0.00202. The van der Waals surface area contributed by atoms with E-state index in [1.54, 1.807) is 187 Å². The van der Waals surface area contributed by atoms with E-state index >= 15 is 0 Å². The summed E-state index contributed by atoms with van der Waals surface area (Å²) >= 11 is 5.47. The number of alkyl halides is 16. The summed E-state index contributed by atoms with van der Waals surface area (Å²) in [6.07, 6.45) is -20.1. The Morgan fingerprint density at radius 2 is 0.577 bits per heavy atom. The summed E-state index contributed by atoms with van der Waals surface area (Å²) in [5.74, 6) is -0.810. The minimum Gasteiger partial charge on any atom is -0.378 e. The molecular weight excluding hydrogens is 1970 g/mol. The second-order valence-electron chi connectivity index (χ2n) is 34.1. The Hall–Kier alpha value is -17.1. The van der Waals surface area contributed by atoms with Crippen LogP contribution in [-0.4, -0.2) is 89.6 Å². The highest BCUT2D eigenvalue weighted by molar-refractivity contribution is 6.29. The number of hydrogen-bond acceptors (Lipinski definition) is 11. The molecule has 6 amide bonds. The number of hydrogen-bond donors (Lipinski definition) is 5. The van der Waals surface area contributed by atoms with E-state index in [0.717, 1.165) is 73.5 Å². The van der Waals surface area contributed by atoms with E-state index in [-0.39, 0.29) is 41.5 Å². The molecule has 22 nitrogen and oxygen atoms in total. The molecule has 5 N–H and O–H groups in total. The van der Waals surface area contributed by atoms with Crippen LogP contribution in [0.5, 0.6) is 0 Å². The maximum Gasteiger partial charge on any atom is 0.416 e. The van der Waals surface area contributed by atoms with Crippen LogP contribution < -0.4 is 26.6 Å². The van der Waals surface area contributed by atoms with E-state index in [2.05, 4.69) is 56.9 Å². The number of nitrogens with one attached hydrogen (secondary N) is 5. The van der Waals surface area contributed by atoms with Crippen LogP contribution in [0, 0.1) is 62.6 Å². The van der Waals surface area contributed by atoms with Crippen molar-refractivity contribution in [3.05, 3.63) is 304 Å². The summed E-state index contributed by atoms with van der Waals surface area (Å²) in [6.45, 7) is 14.9. The lowest BCUT2D eigenvalue weighted by Gasteiger charge is -2.26.